The van der Waals surface area contributed by atoms with Gasteiger partial charge in [-0.1, -0.05) is 29.8 Å². The summed E-state index contributed by atoms with van der Waals surface area (Å²) in [6.45, 7) is 2.98. The van der Waals surface area contributed by atoms with Crippen LogP contribution in [0, 0.1) is 11.2 Å². The Morgan fingerprint density at radius 1 is 1.15 bits per heavy atom. The van der Waals surface area contributed by atoms with Gasteiger partial charge in [-0.25, -0.2) is 12.8 Å². The van der Waals surface area contributed by atoms with Gasteiger partial charge in [-0.05, 0) is 69.0 Å². The summed E-state index contributed by atoms with van der Waals surface area (Å²) in [4.78, 5) is 17.3. The van der Waals surface area contributed by atoms with Crippen LogP contribution in [-0.2, 0) is 21.4 Å². The first-order valence-electron chi connectivity index (χ1n) is 12.8. The number of benzene rings is 2. The van der Waals surface area contributed by atoms with Crippen molar-refractivity contribution >= 4 is 33.4 Å². The van der Waals surface area contributed by atoms with E-state index in [2.05, 4.69) is 10.6 Å². The minimum Gasteiger partial charge on any atom is -0.360 e. The molecule has 1 amide bonds. The predicted molar refractivity (Wildman–Crippen MR) is 142 cm³/mol. The highest BCUT2D eigenvalue weighted by Gasteiger charge is 2.75. The summed E-state index contributed by atoms with van der Waals surface area (Å²) in [6, 6.07) is 10.9. The zero-order valence-corrected chi connectivity index (χ0v) is 23.4. The largest absolute Gasteiger partial charge is 0.390 e. The van der Waals surface area contributed by atoms with E-state index in [1.165, 1.54) is 22.5 Å². The molecule has 40 heavy (non-hydrogen) atoms. The molecule has 7 nitrogen and oxygen atoms in total. The molecule has 0 unspecified atom stereocenters. The van der Waals surface area contributed by atoms with E-state index in [0.29, 0.717) is 30.1 Å². The molecule has 0 saturated heterocycles. The number of halogens is 5. The van der Waals surface area contributed by atoms with Crippen LogP contribution in [-0.4, -0.2) is 54.3 Å². The van der Waals surface area contributed by atoms with Crippen molar-refractivity contribution in [2.75, 3.05) is 6.54 Å². The molecule has 3 aliphatic carbocycles. The number of carbonyl (C=O) groups is 1. The molecule has 2 aromatic carbocycles. The van der Waals surface area contributed by atoms with Crippen LogP contribution in [0.5, 0.6) is 0 Å². The lowest BCUT2D eigenvalue weighted by molar-refractivity contribution is -0.151. The minimum absolute atomic E-state index is 0.0573. The van der Waals surface area contributed by atoms with E-state index in [0.717, 1.165) is 11.6 Å². The molecule has 13 heteroatoms. The Morgan fingerprint density at radius 2 is 1.80 bits per heavy atom. The zero-order chi connectivity index (χ0) is 29.1. The second-order valence-electron chi connectivity index (χ2n) is 11.5. The zero-order valence-electron chi connectivity index (χ0n) is 21.9. The summed E-state index contributed by atoms with van der Waals surface area (Å²) in [5.41, 5.74) is -1.40. The van der Waals surface area contributed by atoms with Crippen LogP contribution in [0.2, 0.25) is 5.02 Å². The fraction of sp³-hybridized carbons (Fsp3) is 0.481. The molecule has 1 heterocycles. The Labute approximate surface area is 235 Å². The van der Waals surface area contributed by atoms with Crippen molar-refractivity contribution in [3.63, 3.8) is 0 Å². The summed E-state index contributed by atoms with van der Waals surface area (Å²) >= 11 is 6.01. The molecule has 2 bridgehead atoms. The molecule has 2 N–H and O–H groups in total. The SMILES string of the molecule is CC1(C)N=C(C23CC(N(Cc4ccc(Cl)cc4)S(=O)(=O)c4cccc(F)c4)(C2)C3)N[C@H]1C(=O)NCCC(F)(F)F. The number of sulfonamides is 1. The lowest BCUT2D eigenvalue weighted by atomic mass is 9.38. The molecule has 216 valence electrons. The third-order valence-electron chi connectivity index (χ3n) is 8.01. The van der Waals surface area contributed by atoms with Crippen LogP contribution in [0.4, 0.5) is 17.6 Å². The average molecular weight is 601 g/mol. The maximum atomic E-state index is 14.0. The number of nitrogens with one attached hydrogen (secondary N) is 2. The molecular formula is C27H29ClF4N4O3S. The minimum atomic E-state index is -4.38. The number of aliphatic imine (C=N–C) groups is 1. The Hall–Kier alpha value is -2.70. The van der Waals surface area contributed by atoms with Gasteiger partial charge in [-0.15, -0.1) is 0 Å². The monoisotopic (exact) mass is 600 g/mol. The second kappa shape index (κ2) is 9.70. The van der Waals surface area contributed by atoms with Crippen molar-refractivity contribution < 1.29 is 30.8 Å². The number of alkyl halides is 3. The van der Waals surface area contributed by atoms with Gasteiger partial charge in [-0.3, -0.25) is 9.79 Å². The molecule has 0 aromatic heterocycles. The first-order chi connectivity index (χ1) is 18.6. The molecule has 2 aromatic rings. The smallest absolute Gasteiger partial charge is 0.360 e. The number of amides is 1. The summed E-state index contributed by atoms with van der Waals surface area (Å²) in [6.07, 6.45) is -4.20. The highest BCUT2D eigenvalue weighted by molar-refractivity contribution is 7.89. The van der Waals surface area contributed by atoms with Crippen LogP contribution >= 0.6 is 11.6 Å². The highest BCUT2D eigenvalue weighted by atomic mass is 35.5. The number of hydrogen-bond donors (Lipinski definition) is 2. The molecule has 1 atom stereocenters. The van der Waals surface area contributed by atoms with Crippen molar-refractivity contribution in [3.05, 3.63) is 64.9 Å². The van der Waals surface area contributed by atoms with Gasteiger partial charge in [0.1, 0.15) is 17.7 Å². The maximum absolute atomic E-state index is 14.0. The van der Waals surface area contributed by atoms with Gasteiger partial charge in [0, 0.05) is 29.1 Å². The average Bonchev–Trinajstić information content (AvgIpc) is 3.12. The van der Waals surface area contributed by atoms with E-state index in [4.69, 9.17) is 16.6 Å². The number of nitrogens with zero attached hydrogens (tertiary/aromatic N) is 2. The first-order valence-corrected chi connectivity index (χ1v) is 14.6. The van der Waals surface area contributed by atoms with E-state index >= 15 is 0 Å². The Kier molecular flexibility index (Phi) is 6.99. The third-order valence-corrected chi connectivity index (χ3v) is 10.2. The van der Waals surface area contributed by atoms with Crippen LogP contribution in [0.25, 0.3) is 0 Å². The van der Waals surface area contributed by atoms with Crippen molar-refractivity contribution in [1.29, 1.82) is 0 Å². The Balaban J connectivity index is 1.34. The highest BCUT2D eigenvalue weighted by Crippen LogP contribution is 2.71. The lowest BCUT2D eigenvalue weighted by Gasteiger charge is -2.72. The summed E-state index contributed by atoms with van der Waals surface area (Å²) in [5, 5.41) is 5.97. The second-order valence-corrected chi connectivity index (χ2v) is 13.8. The molecule has 1 aliphatic heterocycles. The molecule has 0 spiro atoms. The molecule has 6 rings (SSSR count). The van der Waals surface area contributed by atoms with Gasteiger partial charge < -0.3 is 10.6 Å². The number of hydrogen-bond acceptors (Lipinski definition) is 5. The summed E-state index contributed by atoms with van der Waals surface area (Å²) < 4.78 is 80.6. The van der Waals surface area contributed by atoms with Gasteiger partial charge in [0.05, 0.1) is 16.9 Å². The normalized spacial score (nSPS) is 26.9. The van der Waals surface area contributed by atoms with E-state index in [-0.39, 0.29) is 11.4 Å². The van der Waals surface area contributed by atoms with Crippen LogP contribution in [0.3, 0.4) is 0 Å². The Bertz CT molecular complexity index is 1440. The van der Waals surface area contributed by atoms with Crippen molar-refractivity contribution in [3.8, 4) is 0 Å². The lowest BCUT2D eigenvalue weighted by Crippen LogP contribution is -2.78. The topological polar surface area (TPSA) is 90.9 Å². The number of rotatable bonds is 9. The molecule has 3 fully saturated rings. The fourth-order valence-electron chi connectivity index (χ4n) is 6.05. The maximum Gasteiger partial charge on any atom is 0.390 e. The molecule has 0 radical (unpaired) electrons. The van der Waals surface area contributed by atoms with Gasteiger partial charge >= 0.3 is 6.18 Å². The van der Waals surface area contributed by atoms with Crippen LogP contribution in [0.15, 0.2) is 58.4 Å². The summed E-state index contributed by atoms with van der Waals surface area (Å²) in [5.74, 6) is -0.676. The van der Waals surface area contributed by atoms with Gasteiger partial charge in [0.25, 0.3) is 0 Å². The first kappa shape index (κ1) is 28.8. The van der Waals surface area contributed by atoms with Crippen LogP contribution in [0.1, 0.15) is 45.1 Å². The van der Waals surface area contributed by atoms with Gasteiger partial charge in [0.15, 0.2) is 0 Å². The molecular weight excluding hydrogens is 572 g/mol. The summed E-state index contributed by atoms with van der Waals surface area (Å²) in [7, 11) is -4.09. The quantitative estimate of drug-likeness (QED) is 0.404. The van der Waals surface area contributed by atoms with E-state index < -0.39 is 63.4 Å². The van der Waals surface area contributed by atoms with Gasteiger partial charge in [0.2, 0.25) is 15.9 Å². The predicted octanol–water partition coefficient (Wildman–Crippen LogP) is 4.81. The third kappa shape index (κ3) is 5.21. The number of amidine groups is 1. The van der Waals surface area contributed by atoms with Gasteiger partial charge in [-0.2, -0.15) is 17.5 Å². The van der Waals surface area contributed by atoms with E-state index in [1.54, 1.807) is 38.1 Å². The van der Waals surface area contributed by atoms with Crippen LogP contribution < -0.4 is 10.6 Å². The molecule has 3 saturated carbocycles. The number of carbonyl (C=O) groups excluding carboxylic acids is 1. The van der Waals surface area contributed by atoms with Crippen molar-refractivity contribution in [2.24, 2.45) is 10.4 Å². The van der Waals surface area contributed by atoms with Crippen molar-refractivity contribution in [1.82, 2.24) is 14.9 Å². The standard InChI is InChI=1S/C27H29ClF4N4O3S/c1-24(2)21(22(37)33-11-10-27(30,31)32)34-23(35-24)25-14-26(15-25,16-25)36(13-17-6-8-18(28)9-7-17)40(38,39)20-5-3-4-19(29)12-20/h3-9,12,21H,10-11,13-16H2,1-2H3,(H,33,37)(H,34,35)/t21-,25?,26?/m0/s1. The fourth-order valence-corrected chi connectivity index (χ4v) is 7.97. The molecule has 4 aliphatic rings. The van der Waals surface area contributed by atoms with Crippen molar-refractivity contribution in [2.45, 2.75) is 74.3 Å². The van der Waals surface area contributed by atoms with E-state index in [1.807, 2.05) is 0 Å². The van der Waals surface area contributed by atoms with E-state index in [9.17, 15) is 30.8 Å². The Morgan fingerprint density at radius 3 is 2.40 bits per heavy atom.